The van der Waals surface area contributed by atoms with Gasteiger partial charge in [-0.05, 0) is 64.0 Å². The Hall–Kier alpha value is -3.60. The summed E-state index contributed by atoms with van der Waals surface area (Å²) >= 11 is 3.54. The van der Waals surface area contributed by atoms with Crippen LogP contribution in [0.5, 0.6) is 0 Å². The largest absolute Gasteiger partial charge is 0.341 e. The number of hydrogen-bond acceptors (Lipinski definition) is 4. The summed E-state index contributed by atoms with van der Waals surface area (Å²) in [4.78, 5) is 18.6. The van der Waals surface area contributed by atoms with Crippen molar-refractivity contribution >= 4 is 50.4 Å². The van der Waals surface area contributed by atoms with Gasteiger partial charge in [-0.25, -0.2) is 9.78 Å². The molecule has 2 aromatic carbocycles. The number of hydrogen-bond donors (Lipinski definition) is 1. The van der Waals surface area contributed by atoms with Gasteiger partial charge in [0.1, 0.15) is 5.82 Å². The van der Waals surface area contributed by atoms with Crippen molar-refractivity contribution in [3.63, 3.8) is 0 Å². The van der Waals surface area contributed by atoms with E-state index in [9.17, 15) is 4.79 Å². The maximum Gasteiger partial charge on any atom is 0.155 e. The van der Waals surface area contributed by atoms with Gasteiger partial charge in [-0.2, -0.15) is 0 Å². The predicted octanol–water partition coefficient (Wildman–Crippen LogP) is 5.76. The minimum atomic E-state index is 0.471. The van der Waals surface area contributed by atoms with Crippen molar-refractivity contribution < 1.29 is 4.79 Å². The number of para-hydroxylation sites is 2. The van der Waals surface area contributed by atoms with E-state index in [1.165, 1.54) is 0 Å². The normalized spacial score (nSPS) is 12.6. The first-order valence-electron chi connectivity index (χ1n) is 9.51. The molecule has 0 amide bonds. The molecule has 0 fully saturated rings. The molecule has 0 spiro atoms. The molecule has 0 aliphatic carbocycles. The third-order valence-corrected chi connectivity index (χ3v) is 5.80. The average Bonchev–Trinajstić information content (AvgIpc) is 3.18. The van der Waals surface area contributed by atoms with Gasteiger partial charge in [0.15, 0.2) is 11.6 Å². The molecular formula is C24H17BrN4O. The molecular weight excluding hydrogens is 440 g/mol. The maximum absolute atomic E-state index is 12.1. The van der Waals surface area contributed by atoms with E-state index in [-0.39, 0.29) is 0 Å². The number of nitrogens with zero attached hydrogens (tertiary/aromatic N) is 3. The summed E-state index contributed by atoms with van der Waals surface area (Å²) in [6.45, 7) is 0.690. The quantitative estimate of drug-likeness (QED) is 0.398. The molecule has 30 heavy (non-hydrogen) atoms. The Morgan fingerprint density at radius 3 is 2.60 bits per heavy atom. The number of carbonyl (C=O) groups excluding carboxylic acids is 1. The monoisotopic (exact) mass is 456 g/mol. The second kappa shape index (κ2) is 7.67. The van der Waals surface area contributed by atoms with Crippen LogP contribution in [-0.4, -0.2) is 15.5 Å². The van der Waals surface area contributed by atoms with E-state index >= 15 is 0 Å². The van der Waals surface area contributed by atoms with Crippen LogP contribution in [0.25, 0.3) is 5.70 Å². The number of pyridine rings is 1. The molecule has 0 bridgehead atoms. The molecule has 5 rings (SSSR count). The number of nitrogens with one attached hydrogen (secondary N) is 1. The van der Waals surface area contributed by atoms with Crippen molar-refractivity contribution in [3.8, 4) is 0 Å². The van der Waals surface area contributed by atoms with Crippen LogP contribution in [0.15, 0.2) is 89.7 Å². The van der Waals surface area contributed by atoms with Gasteiger partial charge in [-0.15, -0.1) is 0 Å². The van der Waals surface area contributed by atoms with E-state index in [1.807, 2.05) is 77.8 Å². The highest BCUT2D eigenvalue weighted by Gasteiger charge is 2.26. The summed E-state index contributed by atoms with van der Waals surface area (Å²) in [5, 5.41) is 3.31. The molecule has 1 N–H and O–H groups in total. The molecule has 146 valence electrons. The number of anilines is 4. The highest BCUT2D eigenvalue weighted by molar-refractivity contribution is 9.10. The molecule has 6 heteroatoms. The molecule has 0 unspecified atom stereocenters. The Bertz CT molecular complexity index is 1270. The van der Waals surface area contributed by atoms with Crippen LogP contribution in [-0.2, 0) is 11.3 Å². The summed E-state index contributed by atoms with van der Waals surface area (Å²) < 4.78 is 3.03. The Balaban J connectivity index is 1.57. The predicted molar refractivity (Wildman–Crippen MR) is 123 cm³/mol. The Kier molecular flexibility index (Phi) is 4.71. The van der Waals surface area contributed by atoms with Crippen molar-refractivity contribution in [2.45, 2.75) is 6.54 Å². The Morgan fingerprint density at radius 1 is 0.967 bits per heavy atom. The van der Waals surface area contributed by atoms with Crippen LogP contribution >= 0.6 is 15.9 Å². The lowest BCUT2D eigenvalue weighted by molar-refractivity contribution is 0.569. The lowest BCUT2D eigenvalue weighted by Gasteiger charge is -2.25. The van der Waals surface area contributed by atoms with E-state index in [2.05, 4.69) is 42.8 Å². The van der Waals surface area contributed by atoms with Gasteiger partial charge in [0.25, 0.3) is 0 Å². The highest BCUT2D eigenvalue weighted by atomic mass is 79.9. The number of fused-ring (bicyclic) bond motifs is 2. The first-order chi connectivity index (χ1) is 14.7. The first-order valence-corrected chi connectivity index (χ1v) is 10.3. The molecule has 5 nitrogen and oxygen atoms in total. The first kappa shape index (κ1) is 18.4. The lowest BCUT2D eigenvalue weighted by atomic mass is 10.1. The summed E-state index contributed by atoms with van der Waals surface area (Å²) in [7, 11) is 0. The maximum atomic E-state index is 12.1. The second-order valence-corrected chi connectivity index (χ2v) is 7.80. The molecule has 4 aromatic rings. The molecule has 1 aliphatic heterocycles. The average molecular weight is 457 g/mol. The fourth-order valence-electron chi connectivity index (χ4n) is 3.71. The standard InChI is InChI=1S/C24H17BrN4O/c25-19-7-2-3-8-20(19)27-24-12-11-18(14-26-24)29-21-9-4-1-6-17(21)15-28-13-5-10-22(28)23(29)16-30/h1-14H,15H2,(H,26,27). The Labute approximate surface area is 182 Å². The van der Waals surface area contributed by atoms with Crippen molar-refractivity contribution in [3.05, 3.63) is 101 Å². The summed E-state index contributed by atoms with van der Waals surface area (Å²) in [5.41, 5.74) is 5.11. The van der Waals surface area contributed by atoms with E-state index in [0.717, 1.165) is 32.8 Å². The number of rotatable bonds is 3. The van der Waals surface area contributed by atoms with Gasteiger partial charge in [0.2, 0.25) is 0 Å². The molecule has 0 saturated heterocycles. The van der Waals surface area contributed by atoms with Crippen molar-refractivity contribution in [2.75, 3.05) is 10.2 Å². The van der Waals surface area contributed by atoms with Crippen LogP contribution in [0.1, 0.15) is 11.3 Å². The van der Waals surface area contributed by atoms with Gasteiger partial charge in [0.05, 0.1) is 29.0 Å². The topological polar surface area (TPSA) is 50.2 Å². The SMILES string of the molecule is O=C=C1c2cccn2Cc2ccccc2N1c1ccc(Nc2ccccc2Br)nc1. The zero-order chi connectivity index (χ0) is 20.5. The Morgan fingerprint density at radius 2 is 1.80 bits per heavy atom. The van der Waals surface area contributed by atoms with Crippen LogP contribution in [0.4, 0.5) is 22.9 Å². The van der Waals surface area contributed by atoms with Gasteiger partial charge in [0, 0.05) is 17.2 Å². The highest BCUT2D eigenvalue weighted by Crippen LogP contribution is 2.38. The molecule has 0 radical (unpaired) electrons. The fourth-order valence-corrected chi connectivity index (χ4v) is 4.09. The number of halogens is 1. The smallest absolute Gasteiger partial charge is 0.155 e. The molecule has 0 atom stereocenters. The molecule has 2 aromatic heterocycles. The summed E-state index contributed by atoms with van der Waals surface area (Å²) in [5.74, 6) is 2.88. The summed E-state index contributed by atoms with van der Waals surface area (Å²) in [6.07, 6.45) is 3.75. The van der Waals surface area contributed by atoms with Gasteiger partial charge in [-0.3, -0.25) is 4.90 Å². The zero-order valence-corrected chi connectivity index (χ0v) is 17.5. The number of aromatic nitrogens is 2. The van der Waals surface area contributed by atoms with Crippen molar-refractivity contribution in [2.24, 2.45) is 0 Å². The minimum absolute atomic E-state index is 0.471. The van der Waals surface area contributed by atoms with Crippen LogP contribution in [0, 0.1) is 0 Å². The zero-order valence-electron chi connectivity index (χ0n) is 15.9. The lowest BCUT2D eigenvalue weighted by Crippen LogP contribution is -2.16. The third-order valence-electron chi connectivity index (χ3n) is 5.11. The van der Waals surface area contributed by atoms with Gasteiger partial charge < -0.3 is 9.88 Å². The third kappa shape index (κ3) is 3.22. The molecule has 0 saturated carbocycles. The van der Waals surface area contributed by atoms with E-state index in [1.54, 1.807) is 6.20 Å². The van der Waals surface area contributed by atoms with Gasteiger partial charge >= 0.3 is 0 Å². The molecule has 1 aliphatic rings. The number of benzene rings is 2. The van der Waals surface area contributed by atoms with E-state index in [0.29, 0.717) is 18.1 Å². The van der Waals surface area contributed by atoms with Crippen LogP contribution < -0.4 is 10.2 Å². The fraction of sp³-hybridized carbons (Fsp3) is 0.0417. The second-order valence-electron chi connectivity index (χ2n) is 6.94. The van der Waals surface area contributed by atoms with E-state index in [4.69, 9.17) is 0 Å². The van der Waals surface area contributed by atoms with Crippen LogP contribution in [0.2, 0.25) is 0 Å². The van der Waals surface area contributed by atoms with E-state index < -0.39 is 0 Å². The summed E-state index contributed by atoms with van der Waals surface area (Å²) in [6, 6.07) is 23.7. The van der Waals surface area contributed by atoms with Crippen molar-refractivity contribution in [1.82, 2.24) is 9.55 Å². The van der Waals surface area contributed by atoms with Crippen LogP contribution in [0.3, 0.4) is 0 Å². The van der Waals surface area contributed by atoms with Crippen molar-refractivity contribution in [1.29, 1.82) is 0 Å². The van der Waals surface area contributed by atoms with Gasteiger partial charge in [-0.1, -0.05) is 30.3 Å². The minimum Gasteiger partial charge on any atom is -0.341 e. The molecule has 3 heterocycles.